The van der Waals surface area contributed by atoms with Crippen molar-refractivity contribution in [3.05, 3.63) is 29.5 Å². The van der Waals surface area contributed by atoms with Crippen molar-refractivity contribution in [2.75, 3.05) is 20.3 Å². The van der Waals surface area contributed by atoms with Gasteiger partial charge >= 0.3 is 11.9 Å². The minimum Gasteiger partial charge on any atom is -0.494 e. The van der Waals surface area contributed by atoms with Gasteiger partial charge in [0.25, 0.3) is 5.91 Å². The minimum atomic E-state index is -0.795. The van der Waals surface area contributed by atoms with Crippen LogP contribution in [0.3, 0.4) is 0 Å². The number of carbonyl (C=O) groups excluding carboxylic acids is 3. The molecule has 0 fully saturated rings. The Morgan fingerprint density at radius 2 is 1.93 bits per heavy atom. The van der Waals surface area contributed by atoms with Crippen molar-refractivity contribution in [2.24, 2.45) is 5.92 Å². The van der Waals surface area contributed by atoms with Crippen molar-refractivity contribution in [2.45, 2.75) is 40.2 Å². The van der Waals surface area contributed by atoms with Crippen LogP contribution in [-0.2, 0) is 19.1 Å². The van der Waals surface area contributed by atoms with Crippen LogP contribution >= 0.6 is 0 Å². The number of hydrogen-bond acceptors (Lipinski definition) is 7. The SMILES string of the molecule is CCOc1ccc2oc(C(=O)OCC(=O)N[C@@H](CC(C)C)C(=O)OC)c(C)c2c1. The van der Waals surface area contributed by atoms with E-state index in [1.807, 2.05) is 20.8 Å². The molecule has 1 aromatic heterocycles. The molecule has 1 N–H and O–H groups in total. The second-order valence-electron chi connectivity index (χ2n) is 7.00. The van der Waals surface area contributed by atoms with Gasteiger partial charge in [-0.15, -0.1) is 0 Å². The molecule has 0 unspecified atom stereocenters. The molecule has 0 bridgehead atoms. The lowest BCUT2D eigenvalue weighted by atomic mass is 10.0. The number of hydrogen-bond donors (Lipinski definition) is 1. The number of ether oxygens (including phenoxy) is 3. The van der Waals surface area contributed by atoms with Crippen LogP contribution in [0.5, 0.6) is 5.75 Å². The zero-order valence-electron chi connectivity index (χ0n) is 17.4. The number of amides is 1. The summed E-state index contributed by atoms with van der Waals surface area (Å²) in [5.74, 6) is -1.04. The fourth-order valence-corrected chi connectivity index (χ4v) is 2.91. The Bertz CT molecular complexity index is 885. The predicted octanol–water partition coefficient (Wildman–Crippen LogP) is 3.00. The lowest BCUT2D eigenvalue weighted by Gasteiger charge is -2.18. The summed E-state index contributed by atoms with van der Waals surface area (Å²) in [6.45, 7) is 7.44. The molecule has 8 nitrogen and oxygen atoms in total. The smallest absolute Gasteiger partial charge is 0.375 e. The highest BCUT2D eigenvalue weighted by molar-refractivity contribution is 5.97. The Balaban J connectivity index is 2.03. The van der Waals surface area contributed by atoms with E-state index in [0.717, 1.165) is 5.39 Å². The fraction of sp³-hybridized carbons (Fsp3) is 0.476. The largest absolute Gasteiger partial charge is 0.494 e. The van der Waals surface area contributed by atoms with Gasteiger partial charge in [0.05, 0.1) is 13.7 Å². The normalized spacial score (nSPS) is 11.9. The van der Waals surface area contributed by atoms with Gasteiger partial charge in [-0.3, -0.25) is 4.79 Å². The van der Waals surface area contributed by atoms with Gasteiger partial charge in [-0.05, 0) is 44.4 Å². The number of benzene rings is 1. The zero-order chi connectivity index (χ0) is 21.6. The third kappa shape index (κ3) is 5.73. The standard InChI is InChI=1S/C21H27NO7/c1-6-27-14-7-8-17-15(10-14)13(4)19(29-17)21(25)28-11-18(23)22-16(9-12(2)3)20(24)26-5/h7-8,10,12,16H,6,9,11H2,1-5H3,(H,22,23)/t16-/m0/s1. The third-order valence-corrected chi connectivity index (χ3v) is 4.27. The molecule has 8 heteroatoms. The Labute approximate surface area is 169 Å². The molecule has 0 spiro atoms. The maximum Gasteiger partial charge on any atom is 0.375 e. The maximum atomic E-state index is 12.4. The topological polar surface area (TPSA) is 104 Å². The zero-order valence-corrected chi connectivity index (χ0v) is 17.4. The molecule has 0 saturated heterocycles. The number of esters is 2. The van der Waals surface area contributed by atoms with Crippen LogP contribution in [0.4, 0.5) is 0 Å². The van der Waals surface area contributed by atoms with E-state index < -0.39 is 30.5 Å². The summed E-state index contributed by atoms with van der Waals surface area (Å²) < 4.78 is 20.8. The highest BCUT2D eigenvalue weighted by Crippen LogP contribution is 2.29. The first kappa shape index (κ1) is 22.3. The van der Waals surface area contributed by atoms with Crippen molar-refractivity contribution >= 4 is 28.8 Å². The molecule has 1 amide bonds. The summed E-state index contributed by atoms with van der Waals surface area (Å²) in [6, 6.07) is 4.45. The van der Waals surface area contributed by atoms with Crippen LogP contribution in [0.25, 0.3) is 11.0 Å². The van der Waals surface area contributed by atoms with E-state index in [9.17, 15) is 14.4 Å². The number of aryl methyl sites for hydroxylation is 1. The van der Waals surface area contributed by atoms with Gasteiger partial charge in [0.1, 0.15) is 17.4 Å². The van der Waals surface area contributed by atoms with Gasteiger partial charge in [-0.2, -0.15) is 0 Å². The molecule has 29 heavy (non-hydrogen) atoms. The van der Waals surface area contributed by atoms with E-state index in [1.165, 1.54) is 7.11 Å². The molecule has 1 atom stereocenters. The molecule has 2 aromatic rings. The third-order valence-electron chi connectivity index (χ3n) is 4.27. The molecule has 0 aliphatic heterocycles. The summed E-state index contributed by atoms with van der Waals surface area (Å²) in [7, 11) is 1.25. The Kier molecular flexibility index (Phi) is 7.64. The highest BCUT2D eigenvalue weighted by atomic mass is 16.5. The van der Waals surface area contributed by atoms with Crippen LogP contribution in [0.1, 0.15) is 43.3 Å². The van der Waals surface area contributed by atoms with Crippen LogP contribution in [-0.4, -0.2) is 44.2 Å². The molecular weight excluding hydrogens is 378 g/mol. The van der Waals surface area contributed by atoms with Gasteiger partial charge in [0, 0.05) is 10.9 Å². The van der Waals surface area contributed by atoms with Gasteiger partial charge in [-0.1, -0.05) is 13.8 Å². The summed E-state index contributed by atoms with van der Waals surface area (Å²) >= 11 is 0. The van der Waals surface area contributed by atoms with Crippen LogP contribution < -0.4 is 10.1 Å². The summed E-state index contributed by atoms with van der Waals surface area (Å²) in [6.07, 6.45) is 0.414. The van der Waals surface area contributed by atoms with Crippen LogP contribution in [0.2, 0.25) is 0 Å². The monoisotopic (exact) mass is 405 g/mol. The van der Waals surface area contributed by atoms with Crippen LogP contribution in [0.15, 0.2) is 22.6 Å². The van der Waals surface area contributed by atoms with E-state index >= 15 is 0 Å². The Hall–Kier alpha value is -3.03. The molecule has 1 aromatic carbocycles. The number of methoxy groups -OCH3 is 1. The first-order valence-electron chi connectivity index (χ1n) is 9.47. The molecule has 2 rings (SSSR count). The van der Waals surface area contributed by atoms with Crippen LogP contribution in [0, 0.1) is 12.8 Å². The van der Waals surface area contributed by atoms with E-state index in [1.54, 1.807) is 25.1 Å². The molecule has 1 heterocycles. The van der Waals surface area contributed by atoms with Crippen molar-refractivity contribution in [1.29, 1.82) is 0 Å². The summed E-state index contributed by atoms with van der Waals surface area (Å²) in [4.78, 5) is 36.3. The van der Waals surface area contributed by atoms with E-state index in [4.69, 9.17) is 18.6 Å². The highest BCUT2D eigenvalue weighted by Gasteiger charge is 2.24. The number of furan rings is 1. The lowest BCUT2D eigenvalue weighted by Crippen LogP contribution is -2.44. The Morgan fingerprint density at radius 1 is 1.21 bits per heavy atom. The molecule has 0 aliphatic carbocycles. The number of fused-ring (bicyclic) bond motifs is 1. The lowest BCUT2D eigenvalue weighted by molar-refractivity contribution is -0.145. The minimum absolute atomic E-state index is 0.0214. The average Bonchev–Trinajstić information content (AvgIpc) is 3.01. The number of carbonyl (C=O) groups is 3. The molecule has 0 radical (unpaired) electrons. The fourth-order valence-electron chi connectivity index (χ4n) is 2.91. The maximum absolute atomic E-state index is 12.4. The second-order valence-corrected chi connectivity index (χ2v) is 7.00. The van der Waals surface area contributed by atoms with Crippen molar-refractivity contribution in [3.8, 4) is 5.75 Å². The first-order chi connectivity index (χ1) is 13.8. The van der Waals surface area contributed by atoms with Crippen molar-refractivity contribution in [1.82, 2.24) is 5.32 Å². The summed E-state index contributed by atoms with van der Waals surface area (Å²) in [5.41, 5.74) is 1.12. The molecule has 158 valence electrons. The number of rotatable bonds is 9. The molecular formula is C21H27NO7. The van der Waals surface area contributed by atoms with E-state index in [-0.39, 0.29) is 11.7 Å². The predicted molar refractivity (Wildman–Crippen MR) is 106 cm³/mol. The van der Waals surface area contributed by atoms with Crippen molar-refractivity contribution in [3.63, 3.8) is 0 Å². The quantitative estimate of drug-likeness (QED) is 0.640. The number of nitrogens with one attached hydrogen (secondary N) is 1. The molecule has 0 saturated carbocycles. The van der Waals surface area contributed by atoms with Gasteiger partial charge in [0.2, 0.25) is 5.76 Å². The van der Waals surface area contributed by atoms with Gasteiger partial charge in [0.15, 0.2) is 6.61 Å². The van der Waals surface area contributed by atoms with E-state index in [2.05, 4.69) is 5.32 Å². The molecule has 0 aliphatic rings. The van der Waals surface area contributed by atoms with Crippen molar-refractivity contribution < 1.29 is 33.0 Å². The van der Waals surface area contributed by atoms with Gasteiger partial charge < -0.3 is 23.9 Å². The second kappa shape index (κ2) is 9.95. The Morgan fingerprint density at radius 3 is 2.55 bits per heavy atom. The van der Waals surface area contributed by atoms with Gasteiger partial charge in [-0.25, -0.2) is 9.59 Å². The summed E-state index contributed by atoms with van der Waals surface area (Å²) in [5, 5.41) is 3.26. The average molecular weight is 405 g/mol. The van der Waals surface area contributed by atoms with E-state index in [0.29, 0.717) is 29.9 Å². The first-order valence-corrected chi connectivity index (χ1v) is 9.47.